The van der Waals surface area contributed by atoms with Gasteiger partial charge in [0.15, 0.2) is 0 Å². The Kier molecular flexibility index (Phi) is 7.53. The molecule has 0 bridgehead atoms. The molecule has 0 fully saturated rings. The average Bonchev–Trinajstić information content (AvgIpc) is 2.90. The molecule has 4 aromatic carbocycles. The highest BCUT2D eigenvalue weighted by molar-refractivity contribution is 6.04. The Morgan fingerprint density at radius 3 is 2.47 bits per heavy atom. The number of nitrogens with one attached hydrogen (secondary N) is 2. The van der Waals surface area contributed by atoms with Gasteiger partial charge in [0.25, 0.3) is 5.69 Å². The van der Waals surface area contributed by atoms with Gasteiger partial charge in [0, 0.05) is 46.9 Å². The molecular weight excluding hydrogens is 486 g/mol. The molecule has 0 aliphatic rings. The molecule has 38 heavy (non-hydrogen) atoms. The largest absolute Gasteiger partial charge is 0.545 e. The zero-order chi connectivity index (χ0) is 27.2. The number of nitro benzene ring substituents is 1. The zero-order valence-corrected chi connectivity index (χ0v) is 20.4. The van der Waals surface area contributed by atoms with Crippen molar-refractivity contribution in [3.8, 4) is 5.75 Å². The summed E-state index contributed by atoms with van der Waals surface area (Å²) in [5.41, 5.74) is 16.1. The van der Waals surface area contributed by atoms with Gasteiger partial charge in [0.05, 0.1) is 34.0 Å². The van der Waals surface area contributed by atoms with Gasteiger partial charge in [-0.2, -0.15) is 0 Å². The fraction of sp³-hybridized carbons (Fsp3) is 0.0714. The normalized spacial score (nSPS) is 10.4. The highest BCUT2D eigenvalue weighted by atomic mass is 16.6. The minimum atomic E-state index is -1.31. The number of rotatable bonds is 6. The van der Waals surface area contributed by atoms with Crippen LogP contribution in [0, 0.1) is 10.1 Å². The first-order valence-corrected chi connectivity index (χ1v) is 11.6. The summed E-state index contributed by atoms with van der Waals surface area (Å²) in [6, 6.07) is 23.5. The van der Waals surface area contributed by atoms with E-state index in [0.717, 1.165) is 33.2 Å². The molecule has 0 atom stereocenters. The summed E-state index contributed by atoms with van der Waals surface area (Å²) in [7, 11) is 0. The first kappa shape index (κ1) is 25.7. The molecule has 0 saturated carbocycles. The maximum atomic E-state index is 10.9. The van der Waals surface area contributed by atoms with E-state index in [0.29, 0.717) is 23.7 Å². The van der Waals surface area contributed by atoms with Crippen molar-refractivity contribution < 1.29 is 24.5 Å². The van der Waals surface area contributed by atoms with Gasteiger partial charge in [-0.15, -0.1) is 0 Å². The highest BCUT2D eigenvalue weighted by Gasteiger charge is 2.13. The third-order valence-corrected chi connectivity index (χ3v) is 5.68. The zero-order valence-electron chi connectivity index (χ0n) is 20.4. The summed E-state index contributed by atoms with van der Waals surface area (Å²) in [6.45, 7) is 2.60. The quantitative estimate of drug-likeness (QED) is 0.132. The van der Waals surface area contributed by atoms with Crippen LogP contribution in [0.25, 0.3) is 21.8 Å². The van der Waals surface area contributed by atoms with Crippen molar-refractivity contribution >= 4 is 56.2 Å². The Bertz CT molecular complexity index is 1650. The standard InChI is InChI=1S/C15H15N3O.C13H10N2O4/c1-2-19-10-4-6-13-12(8-10)15(17)11-5-3-9(16)7-14(11)18-13;16-13(17)11-6-1-2-7-12(11)14-9-4-3-5-10(8-9)15(18)19/h3-8H,2,16H2,1H3,(H2,17,18);1-8,14H,(H,16,17). The lowest BCUT2D eigenvalue weighted by Gasteiger charge is -2.12. The molecule has 5 aromatic rings. The number of nitrogens with two attached hydrogens (primary N) is 2. The minimum Gasteiger partial charge on any atom is -0.545 e. The second kappa shape index (κ2) is 11.1. The van der Waals surface area contributed by atoms with Gasteiger partial charge >= 0.3 is 0 Å². The number of nitrogen functional groups attached to an aromatic ring is 2. The van der Waals surface area contributed by atoms with Crippen molar-refractivity contribution in [2.45, 2.75) is 6.92 Å². The molecule has 0 unspecified atom stereocenters. The van der Waals surface area contributed by atoms with Crippen LogP contribution in [0.15, 0.2) is 84.9 Å². The Morgan fingerprint density at radius 1 is 0.947 bits per heavy atom. The number of para-hydroxylation sites is 1. The van der Waals surface area contributed by atoms with Crippen molar-refractivity contribution in [2.24, 2.45) is 0 Å². The van der Waals surface area contributed by atoms with E-state index in [4.69, 9.17) is 16.2 Å². The minimum absolute atomic E-state index is 0.00555. The van der Waals surface area contributed by atoms with E-state index in [9.17, 15) is 20.0 Å². The molecule has 0 aliphatic carbocycles. The number of non-ortho nitro benzene ring substituents is 1. The SMILES string of the molecule is CCOc1ccc2[nH+]c3cc(N)ccc3c(N)c2c1.O=C([O-])c1ccccc1Nc1cccc([N+](=O)[O-])c1. The van der Waals surface area contributed by atoms with Gasteiger partial charge in [0.1, 0.15) is 5.75 Å². The summed E-state index contributed by atoms with van der Waals surface area (Å²) in [5.74, 6) is -0.488. The number of carbonyl (C=O) groups is 1. The number of pyridine rings is 1. The summed E-state index contributed by atoms with van der Waals surface area (Å²) >= 11 is 0. The van der Waals surface area contributed by atoms with Crippen LogP contribution in [0.1, 0.15) is 17.3 Å². The van der Waals surface area contributed by atoms with Crippen LogP contribution in [-0.2, 0) is 0 Å². The average molecular weight is 512 g/mol. The Balaban J connectivity index is 0.000000177. The number of ether oxygens (including phenoxy) is 1. The summed E-state index contributed by atoms with van der Waals surface area (Å²) in [5, 5.41) is 26.3. The molecule has 5 rings (SSSR count). The van der Waals surface area contributed by atoms with Gasteiger partial charge in [-0.3, -0.25) is 10.1 Å². The number of nitrogens with zero attached hydrogens (tertiary/aromatic N) is 1. The van der Waals surface area contributed by atoms with Crippen LogP contribution in [0.2, 0.25) is 0 Å². The molecule has 10 heteroatoms. The number of benzene rings is 4. The monoisotopic (exact) mass is 511 g/mol. The topological polar surface area (TPSA) is 171 Å². The smallest absolute Gasteiger partial charge is 0.271 e. The number of carboxylic acids is 1. The first-order valence-electron chi connectivity index (χ1n) is 11.6. The van der Waals surface area contributed by atoms with E-state index in [1.54, 1.807) is 24.3 Å². The number of hydrogen-bond acceptors (Lipinski definition) is 8. The second-order valence-electron chi connectivity index (χ2n) is 8.25. The molecular formula is C28H25N5O5. The Hall–Kier alpha value is -5.38. The van der Waals surface area contributed by atoms with Crippen molar-refractivity contribution in [2.75, 3.05) is 23.4 Å². The fourth-order valence-corrected chi connectivity index (χ4v) is 3.92. The van der Waals surface area contributed by atoms with Gasteiger partial charge in [-0.05, 0) is 43.3 Å². The molecule has 0 aliphatic heterocycles. The molecule has 0 saturated heterocycles. The van der Waals surface area contributed by atoms with E-state index < -0.39 is 10.9 Å². The molecule has 6 N–H and O–H groups in total. The highest BCUT2D eigenvalue weighted by Crippen LogP contribution is 2.29. The van der Waals surface area contributed by atoms with Gasteiger partial charge in [-0.25, -0.2) is 4.98 Å². The van der Waals surface area contributed by atoms with E-state index in [1.165, 1.54) is 24.3 Å². The molecule has 1 heterocycles. The van der Waals surface area contributed by atoms with Crippen LogP contribution in [0.5, 0.6) is 5.75 Å². The van der Waals surface area contributed by atoms with Gasteiger partial charge in [-0.1, -0.05) is 24.3 Å². The van der Waals surface area contributed by atoms with Crippen LogP contribution in [0.3, 0.4) is 0 Å². The molecule has 0 amide bonds. The van der Waals surface area contributed by atoms with Crippen molar-refractivity contribution in [1.82, 2.24) is 0 Å². The third-order valence-electron chi connectivity index (χ3n) is 5.68. The lowest BCUT2D eigenvalue weighted by Crippen LogP contribution is -2.23. The number of fused-ring (bicyclic) bond motifs is 2. The lowest BCUT2D eigenvalue weighted by atomic mass is 10.1. The summed E-state index contributed by atoms with van der Waals surface area (Å²) in [4.78, 5) is 24.4. The molecule has 1 aromatic heterocycles. The predicted molar refractivity (Wildman–Crippen MR) is 145 cm³/mol. The van der Waals surface area contributed by atoms with Crippen LogP contribution >= 0.6 is 0 Å². The number of aromatic carboxylic acids is 1. The predicted octanol–water partition coefficient (Wildman–Crippen LogP) is 4.07. The maximum Gasteiger partial charge on any atom is 0.271 e. The first-order chi connectivity index (χ1) is 18.3. The van der Waals surface area contributed by atoms with Gasteiger partial charge < -0.3 is 31.4 Å². The maximum absolute atomic E-state index is 10.9. The number of anilines is 4. The lowest BCUT2D eigenvalue weighted by molar-refractivity contribution is -0.384. The molecule has 192 valence electrons. The summed E-state index contributed by atoms with van der Waals surface area (Å²) in [6.07, 6.45) is 0. The number of aromatic nitrogens is 1. The molecule has 10 nitrogen and oxygen atoms in total. The Morgan fingerprint density at radius 2 is 1.74 bits per heavy atom. The van der Waals surface area contributed by atoms with Crippen molar-refractivity contribution in [1.29, 1.82) is 0 Å². The number of carboxylic acid groups (broad SMARTS) is 1. The van der Waals surface area contributed by atoms with E-state index >= 15 is 0 Å². The number of carbonyl (C=O) groups excluding carboxylic acids is 1. The number of aromatic amines is 1. The summed E-state index contributed by atoms with van der Waals surface area (Å²) < 4.78 is 5.51. The number of hydrogen-bond donors (Lipinski definition) is 3. The molecule has 0 spiro atoms. The van der Waals surface area contributed by atoms with E-state index in [-0.39, 0.29) is 11.3 Å². The van der Waals surface area contributed by atoms with E-state index in [1.807, 2.05) is 43.3 Å². The number of nitro groups is 1. The van der Waals surface area contributed by atoms with Crippen molar-refractivity contribution in [3.63, 3.8) is 0 Å². The molecule has 0 radical (unpaired) electrons. The van der Waals surface area contributed by atoms with Crippen LogP contribution < -0.4 is 31.6 Å². The second-order valence-corrected chi connectivity index (χ2v) is 8.25. The van der Waals surface area contributed by atoms with Crippen LogP contribution in [-0.4, -0.2) is 17.5 Å². The number of H-pyrrole nitrogens is 1. The van der Waals surface area contributed by atoms with Crippen molar-refractivity contribution in [3.05, 3.63) is 101 Å². The Labute approximate surface area is 217 Å². The fourth-order valence-electron chi connectivity index (χ4n) is 3.92. The van der Waals surface area contributed by atoms with E-state index in [2.05, 4.69) is 10.3 Å². The van der Waals surface area contributed by atoms with Gasteiger partial charge in [0.2, 0.25) is 11.0 Å². The van der Waals surface area contributed by atoms with Crippen LogP contribution in [0.4, 0.5) is 28.4 Å². The third kappa shape index (κ3) is 5.71.